The van der Waals surface area contributed by atoms with Gasteiger partial charge in [-0.25, -0.2) is 10.7 Å². The number of non-ortho nitro benzene ring substituents is 2. The fraction of sp³-hybridized carbons (Fsp3) is 0.222. The zero-order valence-corrected chi connectivity index (χ0v) is 16.2. The van der Waals surface area contributed by atoms with Crippen molar-refractivity contribution >= 4 is 23.0 Å². The first-order valence-corrected chi connectivity index (χ1v) is 8.82. The van der Waals surface area contributed by atoms with Crippen molar-refractivity contribution in [1.82, 2.24) is 10.7 Å². The SMILES string of the molecule is COc1ccc2c(c1)C(NC(F)(F)F)C/C2=N/NC(=O)c1cc([N+](=O)[O-])cc([N+](=O)[O-])c1. The van der Waals surface area contributed by atoms with Gasteiger partial charge in [0.2, 0.25) is 0 Å². The summed E-state index contributed by atoms with van der Waals surface area (Å²) in [6.07, 6.45) is -4.90. The maximum atomic E-state index is 12.9. The molecule has 11 nitrogen and oxygen atoms in total. The van der Waals surface area contributed by atoms with E-state index >= 15 is 0 Å². The second-order valence-corrected chi connectivity index (χ2v) is 6.60. The van der Waals surface area contributed by atoms with Crippen LogP contribution in [0.1, 0.15) is 33.9 Å². The molecule has 14 heteroatoms. The normalized spacial score (nSPS) is 16.5. The van der Waals surface area contributed by atoms with Crippen LogP contribution in [0.2, 0.25) is 0 Å². The third-order valence-electron chi connectivity index (χ3n) is 4.56. The van der Waals surface area contributed by atoms with E-state index < -0.39 is 45.0 Å². The number of methoxy groups -OCH3 is 1. The number of carbonyl (C=O) groups excluding carboxylic acids is 1. The minimum atomic E-state index is -4.67. The zero-order valence-electron chi connectivity index (χ0n) is 16.2. The summed E-state index contributed by atoms with van der Waals surface area (Å²) in [5.41, 5.74) is 1.02. The Morgan fingerprint density at radius 2 is 1.75 bits per heavy atom. The Bertz CT molecular complexity index is 1100. The van der Waals surface area contributed by atoms with Gasteiger partial charge >= 0.3 is 6.30 Å². The van der Waals surface area contributed by atoms with Gasteiger partial charge in [0.25, 0.3) is 17.3 Å². The molecule has 32 heavy (non-hydrogen) atoms. The van der Waals surface area contributed by atoms with Crippen LogP contribution in [-0.4, -0.2) is 34.9 Å². The number of hydrogen-bond acceptors (Lipinski definition) is 8. The van der Waals surface area contributed by atoms with Gasteiger partial charge in [0.15, 0.2) is 0 Å². The van der Waals surface area contributed by atoms with Crippen LogP contribution in [0.15, 0.2) is 41.5 Å². The molecule has 1 atom stereocenters. The quantitative estimate of drug-likeness (QED) is 0.387. The lowest BCUT2D eigenvalue weighted by atomic mass is 10.1. The molecule has 0 saturated heterocycles. The minimum Gasteiger partial charge on any atom is -0.497 e. The number of nitrogens with zero attached hydrogens (tertiary/aromatic N) is 3. The number of hydrogen-bond donors (Lipinski definition) is 2. The summed E-state index contributed by atoms with van der Waals surface area (Å²) in [6, 6.07) is 5.55. The summed E-state index contributed by atoms with van der Waals surface area (Å²) >= 11 is 0. The fourth-order valence-corrected chi connectivity index (χ4v) is 3.18. The highest BCUT2D eigenvalue weighted by molar-refractivity contribution is 6.06. The van der Waals surface area contributed by atoms with Crippen molar-refractivity contribution < 1.29 is 32.5 Å². The molecule has 1 unspecified atom stereocenters. The maximum absolute atomic E-state index is 12.9. The standard InChI is InChI=1S/C18H14F3N5O6/c1-32-12-2-3-13-14(7-12)15(22-18(19,20)21)8-16(13)23-24-17(27)9-4-10(25(28)29)6-11(5-9)26(30)31/h2-7,15,22H,8H2,1H3,(H,24,27)/b23-16-. The number of halogens is 3. The maximum Gasteiger partial charge on any atom is 0.457 e. The number of fused-ring (bicyclic) bond motifs is 1. The second-order valence-electron chi connectivity index (χ2n) is 6.60. The molecular weight excluding hydrogens is 439 g/mol. The molecule has 0 saturated carbocycles. The number of ether oxygens (including phenoxy) is 1. The van der Waals surface area contributed by atoms with Crippen LogP contribution in [0, 0.1) is 20.2 Å². The molecule has 0 radical (unpaired) electrons. The summed E-state index contributed by atoms with van der Waals surface area (Å²) in [5.74, 6) is -0.682. The summed E-state index contributed by atoms with van der Waals surface area (Å²) in [7, 11) is 1.36. The molecule has 0 bridgehead atoms. The Morgan fingerprint density at radius 3 is 2.28 bits per heavy atom. The lowest BCUT2D eigenvalue weighted by Gasteiger charge is -2.16. The van der Waals surface area contributed by atoms with Crippen molar-refractivity contribution in [1.29, 1.82) is 0 Å². The summed E-state index contributed by atoms with van der Waals surface area (Å²) in [4.78, 5) is 32.5. The first kappa shape index (κ1) is 22.6. The van der Waals surface area contributed by atoms with E-state index in [4.69, 9.17) is 4.74 Å². The first-order valence-electron chi connectivity index (χ1n) is 8.82. The van der Waals surface area contributed by atoms with Crippen molar-refractivity contribution in [2.45, 2.75) is 18.8 Å². The average Bonchev–Trinajstić information content (AvgIpc) is 3.06. The van der Waals surface area contributed by atoms with Crippen LogP contribution in [-0.2, 0) is 0 Å². The van der Waals surface area contributed by atoms with Crippen LogP contribution in [0.5, 0.6) is 5.75 Å². The number of rotatable bonds is 6. The zero-order chi connectivity index (χ0) is 23.6. The van der Waals surface area contributed by atoms with Gasteiger partial charge in [0.1, 0.15) is 5.75 Å². The minimum absolute atomic E-state index is 0.109. The summed E-state index contributed by atoms with van der Waals surface area (Å²) < 4.78 is 43.7. The van der Waals surface area contributed by atoms with Crippen molar-refractivity contribution in [3.63, 3.8) is 0 Å². The Kier molecular flexibility index (Phi) is 6.06. The van der Waals surface area contributed by atoms with Gasteiger partial charge in [-0.05, 0) is 23.8 Å². The molecule has 0 fully saturated rings. The van der Waals surface area contributed by atoms with Gasteiger partial charge in [0.05, 0.1) is 34.3 Å². The number of nitro groups is 2. The second kappa shape index (κ2) is 8.58. The van der Waals surface area contributed by atoms with Crippen molar-refractivity contribution in [2.75, 3.05) is 7.11 Å². The molecule has 0 aromatic heterocycles. The predicted octanol–water partition coefficient (Wildman–Crippen LogP) is 3.20. The third kappa shape index (κ3) is 4.97. The molecule has 3 rings (SSSR count). The number of hydrazone groups is 1. The topological polar surface area (TPSA) is 149 Å². The van der Waals surface area contributed by atoms with Crippen LogP contribution in [0.25, 0.3) is 0 Å². The Morgan fingerprint density at radius 1 is 1.12 bits per heavy atom. The monoisotopic (exact) mass is 453 g/mol. The van der Waals surface area contributed by atoms with Gasteiger partial charge in [-0.15, -0.1) is 0 Å². The smallest absolute Gasteiger partial charge is 0.457 e. The van der Waals surface area contributed by atoms with Gasteiger partial charge in [0, 0.05) is 30.2 Å². The van der Waals surface area contributed by atoms with Crippen LogP contribution in [0.3, 0.4) is 0 Å². The van der Waals surface area contributed by atoms with E-state index in [1.54, 1.807) is 0 Å². The number of benzene rings is 2. The van der Waals surface area contributed by atoms with E-state index in [1.807, 2.05) is 0 Å². The largest absolute Gasteiger partial charge is 0.497 e. The van der Waals surface area contributed by atoms with E-state index in [1.165, 1.54) is 30.6 Å². The van der Waals surface area contributed by atoms with E-state index in [0.29, 0.717) is 17.4 Å². The number of amides is 1. The van der Waals surface area contributed by atoms with Crippen LogP contribution < -0.4 is 15.5 Å². The third-order valence-corrected chi connectivity index (χ3v) is 4.56. The molecule has 2 aromatic rings. The summed E-state index contributed by atoms with van der Waals surface area (Å²) in [6.45, 7) is 0. The Labute approximate surface area is 177 Å². The molecule has 0 spiro atoms. The Hall–Kier alpha value is -4.07. The number of carbonyl (C=O) groups is 1. The lowest BCUT2D eigenvalue weighted by molar-refractivity contribution is -0.394. The fourth-order valence-electron chi connectivity index (χ4n) is 3.18. The Balaban J connectivity index is 1.90. The molecule has 1 amide bonds. The first-order chi connectivity index (χ1) is 15.0. The number of alkyl halides is 3. The molecule has 1 aliphatic rings. The molecule has 2 N–H and O–H groups in total. The van der Waals surface area contributed by atoms with E-state index in [-0.39, 0.29) is 17.7 Å². The van der Waals surface area contributed by atoms with E-state index in [2.05, 4.69) is 10.5 Å². The highest BCUT2D eigenvalue weighted by Crippen LogP contribution is 2.36. The van der Waals surface area contributed by atoms with E-state index in [0.717, 1.165) is 12.1 Å². The number of nitrogens with one attached hydrogen (secondary N) is 2. The van der Waals surface area contributed by atoms with Gasteiger partial charge in [-0.2, -0.15) is 18.3 Å². The molecule has 2 aromatic carbocycles. The highest BCUT2D eigenvalue weighted by Gasteiger charge is 2.37. The van der Waals surface area contributed by atoms with E-state index in [9.17, 15) is 38.2 Å². The van der Waals surface area contributed by atoms with Gasteiger partial charge in [-0.3, -0.25) is 25.0 Å². The predicted molar refractivity (Wildman–Crippen MR) is 103 cm³/mol. The van der Waals surface area contributed by atoms with Gasteiger partial charge in [-0.1, -0.05) is 0 Å². The lowest BCUT2D eigenvalue weighted by Crippen LogP contribution is -2.34. The van der Waals surface area contributed by atoms with Crippen LogP contribution in [0.4, 0.5) is 24.5 Å². The molecule has 0 heterocycles. The van der Waals surface area contributed by atoms with Gasteiger partial charge < -0.3 is 4.74 Å². The highest BCUT2D eigenvalue weighted by atomic mass is 19.4. The van der Waals surface area contributed by atoms with Crippen molar-refractivity contribution in [3.05, 3.63) is 73.3 Å². The summed E-state index contributed by atoms with van der Waals surface area (Å²) in [5, 5.41) is 27.3. The molecule has 168 valence electrons. The van der Waals surface area contributed by atoms with Crippen molar-refractivity contribution in [2.24, 2.45) is 5.10 Å². The molecule has 1 aliphatic carbocycles. The molecular formula is C18H14F3N5O6. The van der Waals surface area contributed by atoms with Crippen LogP contribution >= 0.6 is 0 Å². The number of nitro benzene ring substituents is 2. The van der Waals surface area contributed by atoms with Crippen molar-refractivity contribution in [3.8, 4) is 5.75 Å². The average molecular weight is 453 g/mol. The molecule has 0 aliphatic heterocycles.